The highest BCUT2D eigenvalue weighted by atomic mass is 16.6. The zero-order chi connectivity index (χ0) is 21.8. The minimum Gasteiger partial charge on any atom is -0.444 e. The second-order valence-corrected chi connectivity index (χ2v) is 9.36. The first-order chi connectivity index (χ1) is 13.4. The lowest BCUT2D eigenvalue weighted by Gasteiger charge is -2.35. The van der Waals surface area contributed by atoms with Gasteiger partial charge in [0.15, 0.2) is 0 Å². The number of amides is 3. The fourth-order valence-corrected chi connectivity index (χ4v) is 2.96. The summed E-state index contributed by atoms with van der Waals surface area (Å²) in [5.74, 6) is -0.431. The number of piperazine rings is 1. The van der Waals surface area contributed by atoms with E-state index in [1.54, 1.807) is 21.9 Å². The Morgan fingerprint density at radius 1 is 0.897 bits per heavy atom. The maximum atomic E-state index is 12.4. The molecule has 1 aliphatic rings. The zero-order valence-electron chi connectivity index (χ0n) is 18.4. The van der Waals surface area contributed by atoms with Gasteiger partial charge in [-0.1, -0.05) is 32.9 Å². The van der Waals surface area contributed by atoms with Crippen LogP contribution >= 0.6 is 0 Å². The highest BCUT2D eigenvalue weighted by Crippen LogP contribution is 2.22. The molecule has 1 saturated heterocycles. The second kappa shape index (κ2) is 8.84. The maximum absolute atomic E-state index is 12.4. The van der Waals surface area contributed by atoms with Crippen molar-refractivity contribution in [2.75, 3.05) is 32.7 Å². The summed E-state index contributed by atoms with van der Waals surface area (Å²) in [7, 11) is 0. The van der Waals surface area contributed by atoms with E-state index < -0.39 is 5.60 Å². The smallest absolute Gasteiger partial charge is 0.410 e. The molecule has 160 valence electrons. The van der Waals surface area contributed by atoms with Crippen molar-refractivity contribution in [1.82, 2.24) is 15.1 Å². The Morgan fingerprint density at radius 3 is 1.90 bits per heavy atom. The Bertz CT molecular complexity index is 737. The van der Waals surface area contributed by atoms with Gasteiger partial charge in [-0.25, -0.2) is 4.79 Å². The first-order valence-electron chi connectivity index (χ1n) is 10.0. The summed E-state index contributed by atoms with van der Waals surface area (Å²) in [6.45, 7) is 13.4. The SMILES string of the molecule is CC(C)(C)OC(=O)N1CCN(C(=O)CNC(=O)c2ccc(C(C)(C)C)cc2)CC1. The first kappa shape index (κ1) is 22.7. The molecule has 0 aliphatic carbocycles. The van der Waals surface area contributed by atoms with Crippen molar-refractivity contribution in [3.63, 3.8) is 0 Å². The average Bonchev–Trinajstić information content (AvgIpc) is 2.64. The van der Waals surface area contributed by atoms with Gasteiger partial charge in [-0.05, 0) is 43.9 Å². The molecule has 7 heteroatoms. The van der Waals surface area contributed by atoms with E-state index >= 15 is 0 Å². The van der Waals surface area contributed by atoms with Gasteiger partial charge in [0, 0.05) is 31.7 Å². The molecule has 1 aromatic rings. The Kier molecular flexibility index (Phi) is 6.93. The largest absolute Gasteiger partial charge is 0.444 e. The molecule has 0 saturated carbocycles. The molecule has 0 atom stereocenters. The lowest BCUT2D eigenvalue weighted by molar-refractivity contribution is -0.131. The summed E-state index contributed by atoms with van der Waals surface area (Å²) in [4.78, 5) is 40.1. The fraction of sp³-hybridized carbons (Fsp3) is 0.591. The van der Waals surface area contributed by atoms with Crippen LogP contribution in [0.5, 0.6) is 0 Å². The lowest BCUT2D eigenvalue weighted by Crippen LogP contribution is -2.53. The summed E-state index contributed by atoms with van der Waals surface area (Å²) >= 11 is 0. The molecular weight excluding hydrogens is 370 g/mol. The molecule has 0 unspecified atom stereocenters. The zero-order valence-corrected chi connectivity index (χ0v) is 18.4. The molecule has 0 aromatic heterocycles. The predicted molar refractivity (Wildman–Crippen MR) is 112 cm³/mol. The Hall–Kier alpha value is -2.57. The predicted octanol–water partition coefficient (Wildman–Crippen LogP) is 2.79. The van der Waals surface area contributed by atoms with E-state index in [0.29, 0.717) is 31.7 Å². The third kappa shape index (κ3) is 6.76. The van der Waals surface area contributed by atoms with E-state index in [1.807, 2.05) is 32.9 Å². The lowest BCUT2D eigenvalue weighted by atomic mass is 9.87. The number of carbonyl (C=O) groups excluding carboxylic acids is 3. The van der Waals surface area contributed by atoms with E-state index in [2.05, 4.69) is 26.1 Å². The molecule has 7 nitrogen and oxygen atoms in total. The van der Waals surface area contributed by atoms with Crippen LogP contribution in [-0.4, -0.2) is 66.0 Å². The van der Waals surface area contributed by atoms with Crippen molar-refractivity contribution in [2.24, 2.45) is 0 Å². The Labute approximate surface area is 173 Å². The van der Waals surface area contributed by atoms with Gasteiger partial charge in [0.2, 0.25) is 5.91 Å². The van der Waals surface area contributed by atoms with Gasteiger partial charge in [-0.2, -0.15) is 0 Å². The van der Waals surface area contributed by atoms with Gasteiger partial charge in [0.1, 0.15) is 5.60 Å². The molecule has 1 fully saturated rings. The number of nitrogens with one attached hydrogen (secondary N) is 1. The molecule has 1 heterocycles. The molecule has 1 N–H and O–H groups in total. The summed E-state index contributed by atoms with van der Waals surface area (Å²) in [5.41, 5.74) is 1.15. The topological polar surface area (TPSA) is 79.0 Å². The standard InChI is InChI=1S/C22H33N3O4/c1-21(2,3)17-9-7-16(8-10-17)19(27)23-15-18(26)24-11-13-25(14-12-24)20(28)29-22(4,5)6/h7-10H,11-15H2,1-6H3,(H,23,27). The number of benzene rings is 1. The van der Waals surface area contributed by atoms with Crippen LogP contribution in [0.15, 0.2) is 24.3 Å². The van der Waals surface area contributed by atoms with Crippen molar-refractivity contribution in [3.05, 3.63) is 35.4 Å². The highest BCUT2D eigenvalue weighted by molar-refractivity contribution is 5.96. The molecule has 3 amide bonds. The number of nitrogens with zero attached hydrogens (tertiary/aromatic N) is 2. The van der Waals surface area contributed by atoms with Gasteiger partial charge in [-0.15, -0.1) is 0 Å². The van der Waals surface area contributed by atoms with Crippen LogP contribution in [0, 0.1) is 0 Å². The van der Waals surface area contributed by atoms with Crippen molar-refractivity contribution in [2.45, 2.75) is 52.6 Å². The first-order valence-corrected chi connectivity index (χ1v) is 10.0. The molecule has 29 heavy (non-hydrogen) atoms. The van der Waals surface area contributed by atoms with E-state index in [-0.39, 0.29) is 29.9 Å². The van der Waals surface area contributed by atoms with Gasteiger partial charge >= 0.3 is 6.09 Å². The molecule has 0 bridgehead atoms. The van der Waals surface area contributed by atoms with Crippen molar-refractivity contribution in [1.29, 1.82) is 0 Å². The minimum absolute atomic E-state index is 0.0203. The Morgan fingerprint density at radius 2 is 1.41 bits per heavy atom. The third-order valence-corrected chi connectivity index (χ3v) is 4.70. The van der Waals surface area contributed by atoms with Crippen LogP contribution in [0.3, 0.4) is 0 Å². The third-order valence-electron chi connectivity index (χ3n) is 4.70. The number of rotatable bonds is 3. The number of ether oxygens (including phenoxy) is 1. The molecule has 1 aliphatic heterocycles. The molecule has 1 aromatic carbocycles. The summed E-state index contributed by atoms with van der Waals surface area (Å²) in [6, 6.07) is 7.43. The van der Waals surface area contributed by atoms with Crippen LogP contribution in [0.2, 0.25) is 0 Å². The van der Waals surface area contributed by atoms with E-state index in [4.69, 9.17) is 4.74 Å². The van der Waals surface area contributed by atoms with Crippen molar-refractivity contribution in [3.8, 4) is 0 Å². The molecule has 0 radical (unpaired) electrons. The molecule has 2 rings (SSSR count). The normalized spacial score (nSPS) is 15.1. The number of hydrogen-bond donors (Lipinski definition) is 1. The van der Waals surface area contributed by atoms with Gasteiger partial charge in [-0.3, -0.25) is 9.59 Å². The van der Waals surface area contributed by atoms with Crippen molar-refractivity contribution < 1.29 is 19.1 Å². The van der Waals surface area contributed by atoms with Crippen LogP contribution in [-0.2, 0) is 14.9 Å². The number of carbonyl (C=O) groups is 3. The van der Waals surface area contributed by atoms with E-state index in [0.717, 1.165) is 5.56 Å². The van der Waals surface area contributed by atoms with Crippen LogP contribution in [0.1, 0.15) is 57.5 Å². The van der Waals surface area contributed by atoms with Gasteiger partial charge in [0.25, 0.3) is 5.91 Å². The van der Waals surface area contributed by atoms with E-state index in [9.17, 15) is 14.4 Å². The van der Waals surface area contributed by atoms with Gasteiger partial charge < -0.3 is 19.9 Å². The monoisotopic (exact) mass is 403 g/mol. The summed E-state index contributed by atoms with van der Waals surface area (Å²) < 4.78 is 5.36. The average molecular weight is 404 g/mol. The van der Waals surface area contributed by atoms with Gasteiger partial charge in [0.05, 0.1) is 6.54 Å². The van der Waals surface area contributed by atoms with Crippen LogP contribution in [0.25, 0.3) is 0 Å². The van der Waals surface area contributed by atoms with E-state index in [1.165, 1.54) is 0 Å². The number of hydrogen-bond acceptors (Lipinski definition) is 4. The van der Waals surface area contributed by atoms with Crippen molar-refractivity contribution >= 4 is 17.9 Å². The molecular formula is C22H33N3O4. The summed E-state index contributed by atoms with van der Waals surface area (Å²) in [6.07, 6.45) is -0.364. The second-order valence-electron chi connectivity index (χ2n) is 9.36. The van der Waals surface area contributed by atoms with Crippen LogP contribution in [0.4, 0.5) is 4.79 Å². The minimum atomic E-state index is -0.542. The Balaban J connectivity index is 1.80. The highest BCUT2D eigenvalue weighted by Gasteiger charge is 2.27. The summed E-state index contributed by atoms with van der Waals surface area (Å²) in [5, 5.41) is 2.68. The van der Waals surface area contributed by atoms with Crippen LogP contribution < -0.4 is 5.32 Å². The fourth-order valence-electron chi connectivity index (χ4n) is 2.96. The quantitative estimate of drug-likeness (QED) is 0.842. The maximum Gasteiger partial charge on any atom is 0.410 e. The molecule has 0 spiro atoms.